The van der Waals surface area contributed by atoms with Crippen LogP contribution in [0, 0.1) is 5.92 Å². The van der Waals surface area contributed by atoms with Crippen LogP contribution in [-0.4, -0.2) is 18.8 Å². The molecule has 0 aromatic carbocycles. The van der Waals surface area contributed by atoms with Crippen LogP contribution in [0.15, 0.2) is 0 Å². The van der Waals surface area contributed by atoms with E-state index in [2.05, 4.69) is 13.8 Å². The lowest BCUT2D eigenvalue weighted by molar-refractivity contribution is -0.0697. The number of nitrogens with two attached hydrogens (primary N) is 1. The molecule has 0 aromatic heterocycles. The van der Waals surface area contributed by atoms with Crippen LogP contribution in [-0.2, 0) is 4.74 Å². The van der Waals surface area contributed by atoms with Crippen molar-refractivity contribution >= 4 is 0 Å². The van der Waals surface area contributed by atoms with Crippen LogP contribution >= 0.6 is 0 Å². The Morgan fingerprint density at radius 1 is 1.38 bits per heavy atom. The largest absolute Gasteiger partial charge is 0.374 e. The van der Waals surface area contributed by atoms with E-state index in [-0.39, 0.29) is 5.60 Å². The lowest BCUT2D eigenvalue weighted by Gasteiger charge is -2.38. The van der Waals surface area contributed by atoms with Gasteiger partial charge in [0.15, 0.2) is 0 Å². The number of rotatable bonds is 4. The zero-order valence-corrected chi connectivity index (χ0v) is 9.01. The Balaban J connectivity index is 2.40. The van der Waals surface area contributed by atoms with Crippen molar-refractivity contribution in [3.05, 3.63) is 0 Å². The van der Waals surface area contributed by atoms with Crippen molar-refractivity contribution in [2.75, 3.05) is 13.2 Å². The van der Waals surface area contributed by atoms with E-state index in [0.29, 0.717) is 6.54 Å². The van der Waals surface area contributed by atoms with Crippen LogP contribution in [0.2, 0.25) is 0 Å². The van der Waals surface area contributed by atoms with Gasteiger partial charge in [-0.2, -0.15) is 0 Å². The highest BCUT2D eigenvalue weighted by molar-refractivity contribution is 4.87. The molecule has 1 saturated carbocycles. The van der Waals surface area contributed by atoms with Crippen LogP contribution < -0.4 is 5.73 Å². The summed E-state index contributed by atoms with van der Waals surface area (Å²) in [6, 6.07) is 0. The van der Waals surface area contributed by atoms with Gasteiger partial charge < -0.3 is 10.5 Å². The highest BCUT2D eigenvalue weighted by atomic mass is 16.5. The average molecular weight is 185 g/mol. The van der Waals surface area contributed by atoms with Crippen molar-refractivity contribution in [2.45, 2.75) is 51.6 Å². The summed E-state index contributed by atoms with van der Waals surface area (Å²) >= 11 is 0. The van der Waals surface area contributed by atoms with Crippen LogP contribution in [0.5, 0.6) is 0 Å². The third-order valence-corrected chi connectivity index (χ3v) is 3.17. The number of ether oxygens (including phenoxy) is 1. The minimum absolute atomic E-state index is 0.0303. The summed E-state index contributed by atoms with van der Waals surface area (Å²) in [4.78, 5) is 0. The molecule has 78 valence electrons. The minimum atomic E-state index is 0.0303. The van der Waals surface area contributed by atoms with Gasteiger partial charge in [0, 0.05) is 13.2 Å². The summed E-state index contributed by atoms with van der Waals surface area (Å²) in [5.41, 5.74) is 5.83. The van der Waals surface area contributed by atoms with E-state index in [1.54, 1.807) is 0 Å². The normalized spacial score (nSPS) is 34.8. The Labute approximate surface area is 81.8 Å². The zero-order valence-electron chi connectivity index (χ0n) is 9.01. The summed E-state index contributed by atoms with van der Waals surface area (Å²) in [6.45, 7) is 6.03. The van der Waals surface area contributed by atoms with Crippen molar-refractivity contribution in [3.8, 4) is 0 Å². The Morgan fingerprint density at radius 2 is 2.00 bits per heavy atom. The maximum absolute atomic E-state index is 5.89. The molecule has 0 saturated heterocycles. The summed E-state index contributed by atoms with van der Waals surface area (Å²) in [5.74, 6) is 0.866. The molecular weight excluding hydrogens is 162 g/mol. The van der Waals surface area contributed by atoms with Crippen LogP contribution in [0.1, 0.15) is 46.0 Å². The van der Waals surface area contributed by atoms with E-state index in [4.69, 9.17) is 10.5 Å². The highest BCUT2D eigenvalue weighted by Gasteiger charge is 2.33. The maximum atomic E-state index is 5.89. The van der Waals surface area contributed by atoms with Crippen LogP contribution in [0.25, 0.3) is 0 Å². The van der Waals surface area contributed by atoms with Gasteiger partial charge in [-0.15, -0.1) is 0 Å². The topological polar surface area (TPSA) is 35.2 Å². The molecule has 1 fully saturated rings. The predicted octanol–water partition coefficient (Wildman–Crippen LogP) is 2.32. The predicted molar refractivity (Wildman–Crippen MR) is 55.7 cm³/mol. The SMILES string of the molecule is CCCOC1(CN)CCC(C)CC1. The van der Waals surface area contributed by atoms with E-state index < -0.39 is 0 Å². The summed E-state index contributed by atoms with van der Waals surface area (Å²) < 4.78 is 5.89. The van der Waals surface area contributed by atoms with Crippen molar-refractivity contribution in [2.24, 2.45) is 11.7 Å². The Morgan fingerprint density at radius 3 is 2.46 bits per heavy atom. The molecular formula is C11H23NO. The van der Waals surface area contributed by atoms with Crippen LogP contribution in [0.4, 0.5) is 0 Å². The molecule has 0 radical (unpaired) electrons. The van der Waals surface area contributed by atoms with Crippen molar-refractivity contribution in [1.82, 2.24) is 0 Å². The molecule has 0 aliphatic heterocycles. The Bertz CT molecular complexity index is 134. The van der Waals surface area contributed by atoms with Gasteiger partial charge in [0.25, 0.3) is 0 Å². The van der Waals surface area contributed by atoms with Gasteiger partial charge in [-0.3, -0.25) is 0 Å². The second-order valence-corrected chi connectivity index (χ2v) is 4.42. The lowest BCUT2D eigenvalue weighted by Crippen LogP contribution is -2.43. The van der Waals surface area contributed by atoms with Gasteiger partial charge in [0.05, 0.1) is 5.60 Å². The Hall–Kier alpha value is -0.0800. The van der Waals surface area contributed by atoms with E-state index in [9.17, 15) is 0 Å². The molecule has 0 heterocycles. The minimum Gasteiger partial charge on any atom is -0.374 e. The van der Waals surface area contributed by atoms with Gasteiger partial charge in [-0.1, -0.05) is 13.8 Å². The highest BCUT2D eigenvalue weighted by Crippen LogP contribution is 2.33. The van der Waals surface area contributed by atoms with Crippen LogP contribution in [0.3, 0.4) is 0 Å². The van der Waals surface area contributed by atoms with E-state index in [1.165, 1.54) is 12.8 Å². The molecule has 0 amide bonds. The van der Waals surface area contributed by atoms with Gasteiger partial charge >= 0.3 is 0 Å². The fourth-order valence-corrected chi connectivity index (χ4v) is 2.01. The smallest absolute Gasteiger partial charge is 0.0804 e. The third kappa shape index (κ3) is 2.96. The average Bonchev–Trinajstić information content (AvgIpc) is 2.18. The molecule has 2 nitrogen and oxygen atoms in total. The molecule has 0 unspecified atom stereocenters. The van der Waals surface area contributed by atoms with Crippen molar-refractivity contribution in [3.63, 3.8) is 0 Å². The third-order valence-electron chi connectivity index (χ3n) is 3.17. The molecule has 1 aliphatic rings. The molecule has 2 heteroatoms. The number of hydrogen-bond acceptors (Lipinski definition) is 2. The molecule has 1 rings (SSSR count). The van der Waals surface area contributed by atoms with Gasteiger partial charge in [-0.25, -0.2) is 0 Å². The summed E-state index contributed by atoms with van der Waals surface area (Å²) in [5, 5.41) is 0. The summed E-state index contributed by atoms with van der Waals surface area (Å²) in [6.07, 6.45) is 5.97. The van der Waals surface area contributed by atoms with Crippen molar-refractivity contribution in [1.29, 1.82) is 0 Å². The number of hydrogen-bond donors (Lipinski definition) is 1. The first-order valence-corrected chi connectivity index (χ1v) is 5.56. The Kier molecular flexibility index (Phi) is 4.20. The standard InChI is InChI=1S/C11H23NO/c1-3-8-13-11(9-12)6-4-10(2)5-7-11/h10H,3-9,12H2,1-2H3. The molecule has 13 heavy (non-hydrogen) atoms. The first-order chi connectivity index (χ1) is 6.22. The molecule has 0 bridgehead atoms. The second-order valence-electron chi connectivity index (χ2n) is 4.42. The quantitative estimate of drug-likeness (QED) is 0.729. The van der Waals surface area contributed by atoms with Gasteiger partial charge in [0.2, 0.25) is 0 Å². The first-order valence-electron chi connectivity index (χ1n) is 5.56. The van der Waals surface area contributed by atoms with Gasteiger partial charge in [-0.05, 0) is 38.0 Å². The molecule has 0 atom stereocenters. The zero-order chi connectivity index (χ0) is 9.73. The fourth-order valence-electron chi connectivity index (χ4n) is 2.01. The molecule has 0 spiro atoms. The van der Waals surface area contributed by atoms with Crippen molar-refractivity contribution < 1.29 is 4.74 Å². The summed E-state index contributed by atoms with van der Waals surface area (Å²) in [7, 11) is 0. The van der Waals surface area contributed by atoms with E-state index >= 15 is 0 Å². The maximum Gasteiger partial charge on any atom is 0.0804 e. The monoisotopic (exact) mass is 185 g/mol. The van der Waals surface area contributed by atoms with Gasteiger partial charge in [0.1, 0.15) is 0 Å². The lowest BCUT2D eigenvalue weighted by atomic mass is 9.79. The fraction of sp³-hybridized carbons (Fsp3) is 1.00. The second kappa shape index (κ2) is 4.97. The van der Waals surface area contributed by atoms with E-state index in [1.807, 2.05) is 0 Å². The first kappa shape index (κ1) is 11.0. The molecule has 2 N–H and O–H groups in total. The molecule has 1 aliphatic carbocycles. The van der Waals surface area contributed by atoms with E-state index in [0.717, 1.165) is 31.8 Å². The molecule has 0 aromatic rings.